The van der Waals surface area contributed by atoms with Crippen molar-refractivity contribution in [2.24, 2.45) is 7.05 Å². The largest absolute Gasteiger partial charge is 0.369 e. The highest BCUT2D eigenvalue weighted by Gasteiger charge is 2.28. The molecule has 1 aliphatic rings. The molecule has 0 amide bonds. The molecule has 152 valence electrons. The molecule has 1 aliphatic heterocycles. The van der Waals surface area contributed by atoms with Crippen molar-refractivity contribution in [3.8, 4) is 0 Å². The minimum atomic E-state index is 0.157. The molecule has 1 saturated heterocycles. The zero-order chi connectivity index (χ0) is 20.4. The number of hydrogen-bond acceptors (Lipinski definition) is 4. The Morgan fingerprint density at radius 2 is 2.03 bits per heavy atom. The first-order valence-electron chi connectivity index (χ1n) is 10.5. The first kappa shape index (κ1) is 19.6. The van der Waals surface area contributed by atoms with Gasteiger partial charge >= 0.3 is 0 Å². The number of rotatable bonds is 5. The summed E-state index contributed by atoms with van der Waals surface area (Å²) >= 11 is 0. The summed E-state index contributed by atoms with van der Waals surface area (Å²) in [6.07, 6.45) is 8.09. The number of benzene rings is 1. The van der Waals surface area contributed by atoms with Crippen LogP contribution < -0.4 is 10.3 Å². The van der Waals surface area contributed by atoms with E-state index < -0.39 is 0 Å². The molecule has 0 bridgehead atoms. The van der Waals surface area contributed by atoms with Crippen LogP contribution in [0, 0.1) is 0 Å². The van der Waals surface area contributed by atoms with Crippen LogP contribution in [-0.4, -0.2) is 39.6 Å². The molecular weight excluding hydrogens is 360 g/mol. The number of nitrogens with zero attached hydrogens (tertiary/aromatic N) is 4. The van der Waals surface area contributed by atoms with E-state index in [-0.39, 0.29) is 5.43 Å². The normalized spacial score (nSPS) is 17.4. The van der Waals surface area contributed by atoms with E-state index in [4.69, 9.17) is 0 Å². The zero-order valence-electron chi connectivity index (χ0n) is 17.6. The average molecular weight is 391 g/mol. The fourth-order valence-corrected chi connectivity index (χ4v) is 4.55. The van der Waals surface area contributed by atoms with Gasteiger partial charge in [0.25, 0.3) is 0 Å². The van der Waals surface area contributed by atoms with E-state index >= 15 is 0 Å². The van der Waals surface area contributed by atoms with Gasteiger partial charge in [-0.3, -0.25) is 14.7 Å². The van der Waals surface area contributed by atoms with Crippen molar-refractivity contribution >= 4 is 16.6 Å². The van der Waals surface area contributed by atoms with Crippen LogP contribution in [0.25, 0.3) is 10.9 Å². The first-order chi connectivity index (χ1) is 14.0. The minimum Gasteiger partial charge on any atom is -0.369 e. The van der Waals surface area contributed by atoms with Gasteiger partial charge in [0.1, 0.15) is 0 Å². The maximum atomic E-state index is 13.1. The SMILES string of the molecule is CC(C)N(Cc1cn(C)c2ccccc2c1=O)[C@H]1CCCN(c2cccnc2)C1. The van der Waals surface area contributed by atoms with E-state index in [9.17, 15) is 4.79 Å². The number of fused-ring (bicyclic) bond motifs is 1. The van der Waals surface area contributed by atoms with Crippen LogP contribution in [0.1, 0.15) is 32.3 Å². The summed E-state index contributed by atoms with van der Waals surface area (Å²) in [7, 11) is 2.02. The van der Waals surface area contributed by atoms with Crippen molar-refractivity contribution in [2.45, 2.75) is 45.3 Å². The van der Waals surface area contributed by atoms with Crippen molar-refractivity contribution in [1.29, 1.82) is 0 Å². The topological polar surface area (TPSA) is 41.4 Å². The Bertz CT molecular complexity index is 1030. The number of hydrogen-bond donors (Lipinski definition) is 0. The highest BCUT2D eigenvalue weighted by atomic mass is 16.1. The summed E-state index contributed by atoms with van der Waals surface area (Å²) in [5, 5.41) is 0.803. The molecule has 5 heteroatoms. The molecule has 0 radical (unpaired) electrons. The summed E-state index contributed by atoms with van der Waals surface area (Å²) in [5.74, 6) is 0. The maximum Gasteiger partial charge on any atom is 0.193 e. The van der Waals surface area contributed by atoms with Gasteiger partial charge in [0, 0.05) is 62.1 Å². The van der Waals surface area contributed by atoms with Crippen molar-refractivity contribution in [1.82, 2.24) is 14.5 Å². The Morgan fingerprint density at radius 1 is 1.21 bits per heavy atom. The molecule has 2 aromatic heterocycles. The molecule has 3 aromatic rings. The summed E-state index contributed by atoms with van der Waals surface area (Å²) in [5.41, 5.74) is 3.20. The first-order valence-corrected chi connectivity index (χ1v) is 10.5. The zero-order valence-corrected chi connectivity index (χ0v) is 17.6. The second-order valence-electron chi connectivity index (χ2n) is 8.33. The van der Waals surface area contributed by atoms with Crippen LogP contribution >= 0.6 is 0 Å². The Hall–Kier alpha value is -2.66. The third-order valence-corrected chi connectivity index (χ3v) is 6.06. The molecule has 0 spiro atoms. The predicted octanol–water partition coefficient (Wildman–Crippen LogP) is 3.81. The van der Waals surface area contributed by atoms with Crippen LogP contribution in [0.5, 0.6) is 0 Å². The second kappa shape index (κ2) is 8.37. The van der Waals surface area contributed by atoms with Crippen molar-refractivity contribution in [3.63, 3.8) is 0 Å². The van der Waals surface area contributed by atoms with Crippen molar-refractivity contribution in [2.75, 3.05) is 18.0 Å². The summed E-state index contributed by atoms with van der Waals surface area (Å²) in [6.45, 7) is 7.17. The highest BCUT2D eigenvalue weighted by Crippen LogP contribution is 2.24. The Balaban J connectivity index is 1.61. The molecule has 0 N–H and O–H groups in total. The summed E-state index contributed by atoms with van der Waals surface area (Å²) < 4.78 is 2.08. The van der Waals surface area contributed by atoms with Crippen LogP contribution in [0.3, 0.4) is 0 Å². The van der Waals surface area contributed by atoms with Gasteiger partial charge in [-0.15, -0.1) is 0 Å². The lowest BCUT2D eigenvalue weighted by atomic mass is 10.0. The standard InChI is InChI=1S/C24H30N4O/c1-18(2)28(21-9-7-13-27(17-21)20-8-6-12-25-14-20)16-19-15-26(3)23-11-5-4-10-22(23)24(19)29/h4-6,8,10-12,14-15,18,21H,7,9,13,16-17H2,1-3H3/t21-/m0/s1. The Morgan fingerprint density at radius 3 is 2.79 bits per heavy atom. The molecule has 0 aliphatic carbocycles. The second-order valence-corrected chi connectivity index (χ2v) is 8.33. The van der Waals surface area contributed by atoms with E-state index in [0.29, 0.717) is 18.6 Å². The lowest BCUT2D eigenvalue weighted by Gasteiger charge is -2.42. The fourth-order valence-electron chi connectivity index (χ4n) is 4.55. The summed E-state index contributed by atoms with van der Waals surface area (Å²) in [6, 6.07) is 12.8. The molecule has 0 unspecified atom stereocenters. The molecule has 1 fully saturated rings. The quantitative estimate of drug-likeness (QED) is 0.664. The van der Waals surface area contributed by atoms with Gasteiger partial charge in [-0.05, 0) is 51.0 Å². The van der Waals surface area contributed by atoms with E-state index in [2.05, 4.69) is 39.3 Å². The van der Waals surface area contributed by atoms with E-state index in [0.717, 1.165) is 42.4 Å². The maximum absolute atomic E-state index is 13.1. The summed E-state index contributed by atoms with van der Waals surface area (Å²) in [4.78, 5) is 22.4. The molecule has 5 nitrogen and oxygen atoms in total. The van der Waals surface area contributed by atoms with Gasteiger partial charge in [-0.1, -0.05) is 12.1 Å². The molecule has 4 rings (SSSR count). The Labute approximate surface area is 172 Å². The Kier molecular flexibility index (Phi) is 5.67. The average Bonchev–Trinajstić information content (AvgIpc) is 2.76. The van der Waals surface area contributed by atoms with Gasteiger partial charge in [0.05, 0.1) is 17.4 Å². The minimum absolute atomic E-state index is 0.157. The van der Waals surface area contributed by atoms with Crippen molar-refractivity contribution in [3.05, 3.63) is 70.8 Å². The van der Waals surface area contributed by atoms with Gasteiger partial charge < -0.3 is 9.47 Å². The predicted molar refractivity (Wildman–Crippen MR) is 119 cm³/mol. The highest BCUT2D eigenvalue weighted by molar-refractivity contribution is 5.79. The van der Waals surface area contributed by atoms with Gasteiger partial charge in [-0.2, -0.15) is 0 Å². The third-order valence-electron chi connectivity index (χ3n) is 6.06. The molecule has 29 heavy (non-hydrogen) atoms. The molecule has 1 atom stereocenters. The van der Waals surface area contributed by atoms with Gasteiger partial charge in [0.2, 0.25) is 0 Å². The van der Waals surface area contributed by atoms with E-state index in [1.807, 2.05) is 56.0 Å². The van der Waals surface area contributed by atoms with Gasteiger partial charge in [-0.25, -0.2) is 0 Å². The number of anilines is 1. The number of aryl methyl sites for hydroxylation is 1. The van der Waals surface area contributed by atoms with Crippen LogP contribution in [-0.2, 0) is 13.6 Å². The number of piperidine rings is 1. The lowest BCUT2D eigenvalue weighted by molar-refractivity contribution is 0.128. The van der Waals surface area contributed by atoms with E-state index in [1.54, 1.807) is 0 Å². The van der Waals surface area contributed by atoms with Crippen LogP contribution in [0.15, 0.2) is 59.8 Å². The smallest absolute Gasteiger partial charge is 0.193 e. The van der Waals surface area contributed by atoms with Gasteiger partial charge in [0.15, 0.2) is 5.43 Å². The van der Waals surface area contributed by atoms with Crippen LogP contribution in [0.4, 0.5) is 5.69 Å². The lowest BCUT2D eigenvalue weighted by Crippen LogP contribution is -2.50. The molecular formula is C24H30N4O. The van der Waals surface area contributed by atoms with E-state index in [1.165, 1.54) is 5.69 Å². The number of para-hydroxylation sites is 1. The van der Waals surface area contributed by atoms with Crippen molar-refractivity contribution < 1.29 is 0 Å². The molecule has 1 aromatic carbocycles. The monoisotopic (exact) mass is 390 g/mol. The molecule has 3 heterocycles. The van der Waals surface area contributed by atoms with Crippen LogP contribution in [0.2, 0.25) is 0 Å². The molecule has 0 saturated carbocycles. The number of aromatic nitrogens is 2. The third kappa shape index (κ3) is 4.06. The number of pyridine rings is 2. The fraction of sp³-hybridized carbons (Fsp3) is 0.417.